The first-order valence-corrected chi connectivity index (χ1v) is 11.1. The molecule has 0 radical (unpaired) electrons. The molecule has 0 bridgehead atoms. The van der Waals surface area contributed by atoms with E-state index in [1.807, 2.05) is 42.5 Å². The summed E-state index contributed by atoms with van der Waals surface area (Å²) in [6.45, 7) is 0. The number of thioether (sulfide) groups is 1. The van der Waals surface area contributed by atoms with E-state index in [4.69, 9.17) is 21.7 Å². The first kappa shape index (κ1) is 21.9. The molecular formula is C24H20N2O4S2. The fraction of sp³-hybridized carbons (Fsp3) is 0.125. The molecule has 1 fully saturated rings. The van der Waals surface area contributed by atoms with Crippen molar-refractivity contribution >= 4 is 51.5 Å². The van der Waals surface area contributed by atoms with E-state index >= 15 is 0 Å². The highest BCUT2D eigenvalue weighted by atomic mass is 32.2. The number of hydrogen-bond acceptors (Lipinski definition) is 6. The molecule has 1 atom stereocenters. The smallest absolute Gasteiger partial charge is 0.246 e. The lowest BCUT2D eigenvalue weighted by Gasteiger charge is -2.18. The minimum absolute atomic E-state index is 0.0115. The molecule has 0 aliphatic carbocycles. The van der Waals surface area contributed by atoms with Crippen LogP contribution in [0.5, 0.6) is 17.2 Å². The van der Waals surface area contributed by atoms with E-state index in [0.29, 0.717) is 27.2 Å². The third-order valence-corrected chi connectivity index (χ3v) is 6.24. The molecule has 1 heterocycles. The van der Waals surface area contributed by atoms with Crippen LogP contribution in [0.3, 0.4) is 0 Å². The largest absolute Gasteiger partial charge is 0.495 e. The Hall–Kier alpha value is -3.36. The number of ether oxygens (including phenoxy) is 2. The second-order valence-corrected chi connectivity index (χ2v) is 8.75. The van der Waals surface area contributed by atoms with Gasteiger partial charge in [-0.15, -0.1) is 0 Å². The molecule has 4 rings (SSSR count). The van der Waals surface area contributed by atoms with Gasteiger partial charge in [-0.25, -0.2) is 0 Å². The summed E-state index contributed by atoms with van der Waals surface area (Å²) in [5, 5.41) is 2.24. The lowest BCUT2D eigenvalue weighted by molar-refractivity contribution is -0.121. The predicted molar refractivity (Wildman–Crippen MR) is 131 cm³/mol. The van der Waals surface area contributed by atoms with Crippen molar-refractivity contribution in [1.29, 1.82) is 0 Å². The van der Waals surface area contributed by atoms with Gasteiger partial charge in [0.15, 0.2) is 0 Å². The van der Waals surface area contributed by atoms with Crippen LogP contribution in [0.25, 0.3) is 0 Å². The van der Waals surface area contributed by atoms with Gasteiger partial charge >= 0.3 is 0 Å². The first-order chi connectivity index (χ1) is 15.5. The highest BCUT2D eigenvalue weighted by molar-refractivity contribution is 8.25. The number of nitrogens with one attached hydrogen (secondary N) is 1. The SMILES string of the molecule is COc1ccccc1N1C(=O)C(CC(=O)Nc2ccc(Oc3ccccc3)cc2)SC1=S. The summed E-state index contributed by atoms with van der Waals surface area (Å²) in [6.07, 6.45) is 0.0115. The summed E-state index contributed by atoms with van der Waals surface area (Å²) >= 11 is 6.61. The van der Waals surface area contributed by atoms with Crippen LogP contribution in [0, 0.1) is 0 Å². The fourth-order valence-corrected chi connectivity index (χ4v) is 4.75. The summed E-state index contributed by atoms with van der Waals surface area (Å²) in [5.41, 5.74) is 1.20. The van der Waals surface area contributed by atoms with Crippen LogP contribution in [-0.4, -0.2) is 28.5 Å². The summed E-state index contributed by atoms with van der Waals surface area (Å²) in [6, 6.07) is 23.7. The maximum Gasteiger partial charge on any atom is 0.246 e. The van der Waals surface area contributed by atoms with Crippen molar-refractivity contribution in [3.8, 4) is 17.2 Å². The van der Waals surface area contributed by atoms with E-state index < -0.39 is 5.25 Å². The van der Waals surface area contributed by atoms with Gasteiger partial charge in [-0.1, -0.05) is 54.3 Å². The van der Waals surface area contributed by atoms with E-state index in [-0.39, 0.29) is 18.2 Å². The molecule has 0 aromatic heterocycles. The summed E-state index contributed by atoms with van der Waals surface area (Å²) < 4.78 is 11.5. The molecule has 1 aliphatic rings. The van der Waals surface area contributed by atoms with E-state index in [2.05, 4.69) is 5.32 Å². The molecule has 6 nitrogen and oxygen atoms in total. The molecule has 8 heteroatoms. The van der Waals surface area contributed by atoms with Gasteiger partial charge in [0, 0.05) is 12.1 Å². The molecule has 32 heavy (non-hydrogen) atoms. The van der Waals surface area contributed by atoms with Crippen molar-refractivity contribution in [2.24, 2.45) is 0 Å². The maximum atomic E-state index is 13.0. The van der Waals surface area contributed by atoms with Gasteiger partial charge in [0.2, 0.25) is 11.8 Å². The second kappa shape index (κ2) is 9.84. The molecule has 0 spiro atoms. The Morgan fingerprint density at radius 2 is 1.66 bits per heavy atom. The van der Waals surface area contributed by atoms with Crippen LogP contribution in [-0.2, 0) is 9.59 Å². The van der Waals surface area contributed by atoms with Crippen LogP contribution >= 0.6 is 24.0 Å². The minimum atomic E-state index is -0.590. The van der Waals surface area contributed by atoms with E-state index in [1.165, 1.54) is 23.8 Å². The Morgan fingerprint density at radius 3 is 2.38 bits per heavy atom. The monoisotopic (exact) mass is 464 g/mol. The third kappa shape index (κ3) is 4.92. The van der Waals surface area contributed by atoms with Crippen molar-refractivity contribution in [3.63, 3.8) is 0 Å². The van der Waals surface area contributed by atoms with Gasteiger partial charge in [0.25, 0.3) is 0 Å². The van der Waals surface area contributed by atoms with Crippen LogP contribution in [0.15, 0.2) is 78.9 Å². The highest BCUT2D eigenvalue weighted by Gasteiger charge is 2.40. The van der Waals surface area contributed by atoms with Crippen molar-refractivity contribution in [2.75, 3.05) is 17.3 Å². The number of hydrogen-bond donors (Lipinski definition) is 1. The Morgan fingerprint density at radius 1 is 1.00 bits per heavy atom. The summed E-state index contributed by atoms with van der Waals surface area (Å²) in [5.74, 6) is 1.44. The molecular weight excluding hydrogens is 444 g/mol. The highest BCUT2D eigenvalue weighted by Crippen LogP contribution is 2.38. The van der Waals surface area contributed by atoms with Crippen LogP contribution in [0.2, 0.25) is 0 Å². The number of carbonyl (C=O) groups is 2. The van der Waals surface area contributed by atoms with E-state index in [0.717, 1.165) is 5.75 Å². The van der Waals surface area contributed by atoms with Gasteiger partial charge in [-0.2, -0.15) is 0 Å². The zero-order valence-electron chi connectivity index (χ0n) is 17.2. The number of benzene rings is 3. The molecule has 1 aliphatic heterocycles. The lowest BCUT2D eigenvalue weighted by atomic mass is 10.2. The molecule has 1 unspecified atom stereocenters. The molecule has 0 saturated carbocycles. The fourth-order valence-electron chi connectivity index (χ4n) is 3.23. The molecule has 162 valence electrons. The molecule has 2 amide bonds. The molecule has 3 aromatic rings. The van der Waals surface area contributed by atoms with Crippen molar-refractivity contribution in [1.82, 2.24) is 0 Å². The molecule has 3 aromatic carbocycles. The molecule has 1 N–H and O–H groups in total. The zero-order valence-corrected chi connectivity index (χ0v) is 18.8. The Bertz CT molecular complexity index is 1140. The maximum absolute atomic E-state index is 13.0. The number of methoxy groups -OCH3 is 1. The van der Waals surface area contributed by atoms with Crippen molar-refractivity contribution in [3.05, 3.63) is 78.9 Å². The number of para-hydroxylation sites is 3. The van der Waals surface area contributed by atoms with Gasteiger partial charge in [-0.3, -0.25) is 14.5 Å². The van der Waals surface area contributed by atoms with Crippen LogP contribution in [0.1, 0.15) is 6.42 Å². The van der Waals surface area contributed by atoms with Gasteiger partial charge in [0.1, 0.15) is 26.8 Å². The zero-order chi connectivity index (χ0) is 22.5. The minimum Gasteiger partial charge on any atom is -0.495 e. The summed E-state index contributed by atoms with van der Waals surface area (Å²) in [4.78, 5) is 27.0. The summed E-state index contributed by atoms with van der Waals surface area (Å²) in [7, 11) is 1.54. The quantitative estimate of drug-likeness (QED) is 0.482. The number of amides is 2. The average molecular weight is 465 g/mol. The van der Waals surface area contributed by atoms with Crippen LogP contribution < -0.4 is 19.7 Å². The predicted octanol–water partition coefficient (Wildman–Crippen LogP) is 5.25. The van der Waals surface area contributed by atoms with Gasteiger partial charge < -0.3 is 14.8 Å². The number of nitrogens with zero attached hydrogens (tertiary/aromatic N) is 1. The normalized spacial score (nSPS) is 15.5. The first-order valence-electron chi connectivity index (χ1n) is 9.85. The number of anilines is 2. The Balaban J connectivity index is 1.37. The average Bonchev–Trinajstić information content (AvgIpc) is 3.08. The number of rotatable bonds is 7. The Kier molecular flexibility index (Phi) is 6.72. The van der Waals surface area contributed by atoms with E-state index in [9.17, 15) is 9.59 Å². The third-order valence-electron chi connectivity index (χ3n) is 4.74. The van der Waals surface area contributed by atoms with Crippen molar-refractivity contribution < 1.29 is 19.1 Å². The lowest BCUT2D eigenvalue weighted by Crippen LogP contribution is -2.33. The number of carbonyl (C=O) groups excluding carboxylic acids is 2. The van der Waals surface area contributed by atoms with Crippen molar-refractivity contribution in [2.45, 2.75) is 11.7 Å². The second-order valence-electron chi connectivity index (χ2n) is 6.91. The molecule has 1 saturated heterocycles. The van der Waals surface area contributed by atoms with Gasteiger partial charge in [-0.05, 0) is 48.5 Å². The Labute approximate surface area is 195 Å². The van der Waals surface area contributed by atoms with Gasteiger partial charge in [0.05, 0.1) is 12.8 Å². The number of thiocarbonyl (C=S) groups is 1. The van der Waals surface area contributed by atoms with Crippen LogP contribution in [0.4, 0.5) is 11.4 Å². The topological polar surface area (TPSA) is 67.9 Å². The van der Waals surface area contributed by atoms with E-state index in [1.54, 1.807) is 36.4 Å². The standard InChI is InChI=1S/C24H20N2O4S2/c1-29-20-10-6-5-9-19(20)26-23(28)21(32-24(26)31)15-22(27)25-16-11-13-18(14-12-16)30-17-7-3-2-4-8-17/h2-14,21H,15H2,1H3,(H,25,27).